The molecule has 0 aliphatic carbocycles. The first-order valence-electron chi connectivity index (χ1n) is 4.18. The summed E-state index contributed by atoms with van der Waals surface area (Å²) in [7, 11) is 0. The Bertz CT molecular complexity index is 333. The topological polar surface area (TPSA) is 75.7 Å². The molecule has 4 nitrogen and oxygen atoms in total. The van der Waals surface area contributed by atoms with Crippen LogP contribution in [0, 0.1) is 0 Å². The summed E-state index contributed by atoms with van der Waals surface area (Å²) in [5.74, 6) is -0.754. The lowest BCUT2D eigenvalue weighted by molar-refractivity contribution is -0.0512. The molecule has 0 amide bonds. The molecule has 0 aliphatic heterocycles. The van der Waals surface area contributed by atoms with E-state index in [1.165, 1.54) is 18.2 Å². The van der Waals surface area contributed by atoms with E-state index in [0.29, 0.717) is 5.56 Å². The molecule has 0 unspecified atom stereocenters. The van der Waals surface area contributed by atoms with E-state index in [2.05, 4.69) is 4.74 Å². The van der Waals surface area contributed by atoms with Gasteiger partial charge in [-0.3, -0.25) is 0 Å². The third-order valence-electron chi connectivity index (χ3n) is 1.82. The van der Waals surface area contributed by atoms with Gasteiger partial charge in [-0.2, -0.15) is 8.78 Å². The lowest BCUT2D eigenvalue weighted by Gasteiger charge is -2.11. The number of phenols is 1. The minimum Gasteiger partial charge on any atom is -0.504 e. The highest BCUT2D eigenvalue weighted by Crippen LogP contribution is 2.29. The van der Waals surface area contributed by atoms with E-state index in [0.717, 1.165) is 0 Å². The van der Waals surface area contributed by atoms with Gasteiger partial charge in [0, 0.05) is 0 Å². The molecule has 4 N–H and O–H groups in total. The minimum atomic E-state index is -2.99. The van der Waals surface area contributed by atoms with Gasteiger partial charge in [-0.05, 0) is 17.7 Å². The summed E-state index contributed by atoms with van der Waals surface area (Å²) in [5, 5.41) is 18.0. The summed E-state index contributed by atoms with van der Waals surface area (Å²) in [6.07, 6.45) is 0. The second kappa shape index (κ2) is 4.90. The van der Waals surface area contributed by atoms with E-state index >= 15 is 0 Å². The normalized spacial score (nSPS) is 12.9. The number of rotatable bonds is 4. The summed E-state index contributed by atoms with van der Waals surface area (Å²) in [6, 6.07) is 3.10. The van der Waals surface area contributed by atoms with Crippen LogP contribution in [0.5, 0.6) is 11.5 Å². The van der Waals surface area contributed by atoms with Gasteiger partial charge < -0.3 is 20.7 Å². The highest BCUT2D eigenvalue weighted by atomic mass is 19.3. The minimum absolute atomic E-state index is 0.297. The Morgan fingerprint density at radius 1 is 1.40 bits per heavy atom. The van der Waals surface area contributed by atoms with Crippen LogP contribution in [0.15, 0.2) is 18.2 Å². The summed E-state index contributed by atoms with van der Waals surface area (Å²) in [4.78, 5) is 0. The molecular weight excluding hydrogens is 208 g/mol. The highest BCUT2D eigenvalue weighted by Gasteiger charge is 2.12. The summed E-state index contributed by atoms with van der Waals surface area (Å²) in [6.45, 7) is -3.29. The van der Waals surface area contributed by atoms with Crippen LogP contribution in [0.3, 0.4) is 0 Å². The molecule has 0 saturated carbocycles. The van der Waals surface area contributed by atoms with Crippen molar-refractivity contribution < 1.29 is 23.7 Å². The van der Waals surface area contributed by atoms with Crippen molar-refractivity contribution in [2.45, 2.75) is 12.7 Å². The molecule has 0 radical (unpaired) electrons. The van der Waals surface area contributed by atoms with Crippen molar-refractivity contribution in [3.63, 3.8) is 0 Å². The number of hydrogen-bond donors (Lipinski definition) is 3. The number of alkyl halides is 2. The fourth-order valence-electron chi connectivity index (χ4n) is 1.07. The number of hydrogen-bond acceptors (Lipinski definition) is 4. The standard InChI is InChI=1S/C9H11F2NO3/c10-9(11)15-8-2-1-5(3-7(8)14)6(12)4-13/h1-3,6,9,13-14H,4,12H2/t6-/m1/s1. The third-order valence-corrected chi connectivity index (χ3v) is 1.82. The average Bonchev–Trinajstić information content (AvgIpc) is 2.19. The first-order chi connectivity index (χ1) is 7.04. The second-order valence-electron chi connectivity index (χ2n) is 2.89. The van der Waals surface area contributed by atoms with Gasteiger partial charge in [0.15, 0.2) is 11.5 Å². The van der Waals surface area contributed by atoms with Crippen molar-refractivity contribution in [3.05, 3.63) is 23.8 Å². The molecule has 0 fully saturated rings. The zero-order chi connectivity index (χ0) is 11.4. The Hall–Kier alpha value is -1.40. The smallest absolute Gasteiger partial charge is 0.387 e. The fraction of sp³-hybridized carbons (Fsp3) is 0.333. The molecular formula is C9H11F2NO3. The highest BCUT2D eigenvalue weighted by molar-refractivity contribution is 5.42. The van der Waals surface area contributed by atoms with Crippen LogP contribution in [0.4, 0.5) is 8.78 Å². The molecule has 0 saturated heterocycles. The van der Waals surface area contributed by atoms with Crippen LogP contribution >= 0.6 is 0 Å². The van der Waals surface area contributed by atoms with Gasteiger partial charge in [0.1, 0.15) is 0 Å². The maximum atomic E-state index is 11.8. The fourth-order valence-corrected chi connectivity index (χ4v) is 1.07. The quantitative estimate of drug-likeness (QED) is 0.705. The monoisotopic (exact) mass is 219 g/mol. The van der Waals surface area contributed by atoms with Crippen molar-refractivity contribution in [1.82, 2.24) is 0 Å². The molecule has 84 valence electrons. The Balaban J connectivity index is 2.88. The second-order valence-corrected chi connectivity index (χ2v) is 2.89. The SMILES string of the molecule is N[C@H](CO)c1ccc(OC(F)F)c(O)c1. The van der Waals surface area contributed by atoms with Crippen LogP contribution in [-0.2, 0) is 0 Å². The maximum Gasteiger partial charge on any atom is 0.387 e. The largest absolute Gasteiger partial charge is 0.504 e. The number of nitrogens with two attached hydrogens (primary N) is 1. The summed E-state index contributed by atoms with van der Waals surface area (Å²) < 4.78 is 27.7. The van der Waals surface area contributed by atoms with Crippen molar-refractivity contribution in [3.8, 4) is 11.5 Å². The van der Waals surface area contributed by atoms with E-state index < -0.39 is 18.4 Å². The zero-order valence-corrected chi connectivity index (χ0v) is 7.73. The first-order valence-corrected chi connectivity index (χ1v) is 4.18. The number of benzene rings is 1. The maximum absolute atomic E-state index is 11.8. The van der Waals surface area contributed by atoms with Gasteiger partial charge in [0.25, 0.3) is 0 Å². The van der Waals surface area contributed by atoms with E-state index in [1.807, 2.05) is 0 Å². The molecule has 1 atom stereocenters. The van der Waals surface area contributed by atoms with Crippen LogP contribution in [-0.4, -0.2) is 23.4 Å². The van der Waals surface area contributed by atoms with Crippen LogP contribution in [0.25, 0.3) is 0 Å². The van der Waals surface area contributed by atoms with Crippen molar-refractivity contribution >= 4 is 0 Å². The predicted octanol–water partition coefficient (Wildman–Crippen LogP) is 0.986. The van der Waals surface area contributed by atoms with E-state index in [1.54, 1.807) is 0 Å². The van der Waals surface area contributed by atoms with E-state index in [-0.39, 0.29) is 12.4 Å². The number of phenolic OH excluding ortho intramolecular Hbond substituents is 1. The molecule has 0 bridgehead atoms. The molecule has 6 heteroatoms. The number of aliphatic hydroxyl groups excluding tert-OH is 1. The van der Waals surface area contributed by atoms with E-state index in [9.17, 15) is 13.9 Å². The number of halogens is 2. The Kier molecular flexibility index (Phi) is 3.81. The van der Waals surface area contributed by atoms with Gasteiger partial charge in [0.2, 0.25) is 0 Å². The Morgan fingerprint density at radius 2 is 2.07 bits per heavy atom. The van der Waals surface area contributed by atoms with Crippen LogP contribution in [0.2, 0.25) is 0 Å². The number of aromatic hydroxyl groups is 1. The average molecular weight is 219 g/mol. The molecule has 1 aromatic carbocycles. The Morgan fingerprint density at radius 3 is 2.53 bits per heavy atom. The van der Waals surface area contributed by atoms with Crippen LogP contribution in [0.1, 0.15) is 11.6 Å². The first kappa shape index (κ1) is 11.7. The van der Waals surface area contributed by atoms with E-state index in [4.69, 9.17) is 10.8 Å². The van der Waals surface area contributed by atoms with Crippen LogP contribution < -0.4 is 10.5 Å². The lowest BCUT2D eigenvalue weighted by Crippen LogP contribution is -2.14. The molecule has 1 aromatic rings. The molecule has 1 rings (SSSR count). The van der Waals surface area contributed by atoms with Crippen molar-refractivity contribution in [1.29, 1.82) is 0 Å². The van der Waals surface area contributed by atoms with Gasteiger partial charge in [0.05, 0.1) is 12.6 Å². The molecule has 0 aromatic heterocycles. The third kappa shape index (κ3) is 3.03. The van der Waals surface area contributed by atoms with Crippen molar-refractivity contribution in [2.75, 3.05) is 6.61 Å². The summed E-state index contributed by atoms with van der Waals surface area (Å²) in [5.41, 5.74) is 5.91. The van der Waals surface area contributed by atoms with Crippen molar-refractivity contribution in [2.24, 2.45) is 5.73 Å². The van der Waals surface area contributed by atoms with Gasteiger partial charge in [-0.1, -0.05) is 6.07 Å². The number of aliphatic hydroxyl groups is 1. The van der Waals surface area contributed by atoms with Gasteiger partial charge in [-0.25, -0.2) is 0 Å². The molecule has 0 spiro atoms. The van der Waals surface area contributed by atoms with Gasteiger partial charge >= 0.3 is 6.61 Å². The number of ether oxygens (including phenoxy) is 1. The summed E-state index contributed by atoms with van der Waals surface area (Å²) >= 11 is 0. The molecule has 0 aliphatic rings. The molecule has 15 heavy (non-hydrogen) atoms. The zero-order valence-electron chi connectivity index (χ0n) is 7.73. The van der Waals surface area contributed by atoms with Gasteiger partial charge in [-0.15, -0.1) is 0 Å². The Labute approximate surface area is 84.9 Å². The molecule has 0 heterocycles. The predicted molar refractivity (Wildman–Crippen MR) is 48.8 cm³/mol. The lowest BCUT2D eigenvalue weighted by atomic mass is 10.1.